The summed E-state index contributed by atoms with van der Waals surface area (Å²) in [6.07, 6.45) is 2.04. The summed E-state index contributed by atoms with van der Waals surface area (Å²) in [7, 11) is 1.84. The van der Waals surface area contributed by atoms with Crippen molar-refractivity contribution in [1.82, 2.24) is 4.90 Å². The van der Waals surface area contributed by atoms with Crippen LogP contribution in [-0.2, 0) is 4.79 Å². The molecule has 1 aromatic rings. The SMILES string of the molecule is CSCCN(C)C(=O)CNc1ccccc1. The summed E-state index contributed by atoms with van der Waals surface area (Å²) in [5.74, 6) is 1.10. The van der Waals surface area contributed by atoms with Crippen LogP contribution >= 0.6 is 11.8 Å². The second-order valence-electron chi connectivity index (χ2n) is 3.53. The molecule has 0 atom stereocenters. The second-order valence-corrected chi connectivity index (χ2v) is 4.51. The van der Waals surface area contributed by atoms with Crippen molar-refractivity contribution in [3.63, 3.8) is 0 Å². The molecule has 0 aliphatic heterocycles. The van der Waals surface area contributed by atoms with E-state index >= 15 is 0 Å². The van der Waals surface area contributed by atoms with Crippen molar-refractivity contribution in [2.24, 2.45) is 0 Å². The van der Waals surface area contributed by atoms with Crippen molar-refractivity contribution in [1.29, 1.82) is 0 Å². The average molecular weight is 238 g/mol. The van der Waals surface area contributed by atoms with E-state index in [2.05, 4.69) is 5.32 Å². The molecule has 0 heterocycles. The number of hydrogen-bond donors (Lipinski definition) is 1. The Morgan fingerprint density at radius 2 is 2.06 bits per heavy atom. The molecule has 1 N–H and O–H groups in total. The van der Waals surface area contributed by atoms with Gasteiger partial charge < -0.3 is 10.2 Å². The number of thioether (sulfide) groups is 1. The molecule has 0 unspecified atom stereocenters. The van der Waals surface area contributed by atoms with Crippen LogP contribution < -0.4 is 5.32 Å². The van der Waals surface area contributed by atoms with Gasteiger partial charge in [0.25, 0.3) is 0 Å². The Morgan fingerprint density at radius 3 is 2.69 bits per heavy atom. The molecule has 0 aliphatic carbocycles. The fourth-order valence-electron chi connectivity index (χ4n) is 1.22. The van der Waals surface area contributed by atoms with Crippen LogP contribution in [0, 0.1) is 0 Å². The third-order valence-electron chi connectivity index (χ3n) is 2.27. The van der Waals surface area contributed by atoms with Crippen LogP contribution in [-0.4, -0.2) is 43.0 Å². The van der Waals surface area contributed by atoms with Gasteiger partial charge in [0, 0.05) is 25.0 Å². The van der Waals surface area contributed by atoms with Crippen molar-refractivity contribution in [2.75, 3.05) is 37.5 Å². The highest BCUT2D eigenvalue weighted by molar-refractivity contribution is 7.98. The van der Waals surface area contributed by atoms with Crippen LogP contribution in [0.2, 0.25) is 0 Å². The Labute approximate surface area is 101 Å². The zero-order chi connectivity index (χ0) is 11.8. The smallest absolute Gasteiger partial charge is 0.241 e. The van der Waals surface area contributed by atoms with Gasteiger partial charge in [-0.3, -0.25) is 4.79 Å². The summed E-state index contributed by atoms with van der Waals surface area (Å²) >= 11 is 1.75. The maximum absolute atomic E-state index is 11.7. The summed E-state index contributed by atoms with van der Waals surface area (Å²) in [4.78, 5) is 13.4. The number of para-hydroxylation sites is 1. The van der Waals surface area contributed by atoms with Crippen molar-refractivity contribution in [2.45, 2.75) is 0 Å². The van der Waals surface area contributed by atoms with Crippen LogP contribution in [0.1, 0.15) is 0 Å². The van der Waals surface area contributed by atoms with E-state index in [1.54, 1.807) is 16.7 Å². The maximum atomic E-state index is 11.7. The van der Waals surface area contributed by atoms with Crippen molar-refractivity contribution >= 4 is 23.4 Å². The third-order valence-corrected chi connectivity index (χ3v) is 2.86. The number of carbonyl (C=O) groups excluding carboxylic acids is 1. The van der Waals surface area contributed by atoms with Gasteiger partial charge >= 0.3 is 0 Å². The minimum atomic E-state index is 0.123. The van der Waals surface area contributed by atoms with E-state index in [-0.39, 0.29) is 5.91 Å². The van der Waals surface area contributed by atoms with Crippen molar-refractivity contribution < 1.29 is 4.79 Å². The number of anilines is 1. The summed E-state index contributed by atoms with van der Waals surface area (Å²) in [6, 6.07) is 9.76. The molecule has 16 heavy (non-hydrogen) atoms. The quantitative estimate of drug-likeness (QED) is 0.822. The lowest BCUT2D eigenvalue weighted by atomic mass is 10.3. The van der Waals surface area contributed by atoms with Crippen LogP contribution in [0.5, 0.6) is 0 Å². The Hall–Kier alpha value is -1.16. The molecule has 3 nitrogen and oxygen atoms in total. The number of amides is 1. The van der Waals surface area contributed by atoms with E-state index in [1.165, 1.54) is 0 Å². The molecule has 88 valence electrons. The summed E-state index contributed by atoms with van der Waals surface area (Å²) in [5.41, 5.74) is 0.981. The van der Waals surface area contributed by atoms with Crippen molar-refractivity contribution in [3.05, 3.63) is 30.3 Å². The summed E-state index contributed by atoms with van der Waals surface area (Å²) in [6.45, 7) is 1.16. The van der Waals surface area contributed by atoms with Crippen LogP contribution in [0.25, 0.3) is 0 Å². The molecule has 1 aromatic carbocycles. The number of nitrogens with zero attached hydrogens (tertiary/aromatic N) is 1. The first-order valence-electron chi connectivity index (χ1n) is 5.26. The highest BCUT2D eigenvalue weighted by Gasteiger charge is 2.06. The van der Waals surface area contributed by atoms with E-state index in [1.807, 2.05) is 43.6 Å². The Kier molecular flexibility index (Phi) is 5.78. The molecular weight excluding hydrogens is 220 g/mol. The lowest BCUT2D eigenvalue weighted by Crippen LogP contribution is -2.33. The van der Waals surface area contributed by atoms with Crippen LogP contribution in [0.15, 0.2) is 30.3 Å². The predicted octanol–water partition coefficient (Wildman–Crippen LogP) is 1.92. The van der Waals surface area contributed by atoms with Gasteiger partial charge in [0.05, 0.1) is 6.54 Å². The van der Waals surface area contributed by atoms with Gasteiger partial charge in [-0.25, -0.2) is 0 Å². The van der Waals surface area contributed by atoms with Gasteiger partial charge in [-0.05, 0) is 18.4 Å². The number of likely N-dealkylation sites (N-methyl/N-ethyl adjacent to an activating group) is 1. The van der Waals surface area contributed by atoms with E-state index in [0.717, 1.165) is 18.0 Å². The molecule has 0 saturated carbocycles. The summed E-state index contributed by atoms with van der Waals surface area (Å²) < 4.78 is 0. The zero-order valence-corrected chi connectivity index (χ0v) is 10.6. The molecular formula is C12H18N2OS. The maximum Gasteiger partial charge on any atom is 0.241 e. The Bertz CT molecular complexity index is 316. The van der Waals surface area contributed by atoms with E-state index in [4.69, 9.17) is 0 Å². The zero-order valence-electron chi connectivity index (χ0n) is 9.77. The lowest BCUT2D eigenvalue weighted by molar-refractivity contribution is -0.127. The molecule has 0 aromatic heterocycles. The molecule has 0 spiro atoms. The van der Waals surface area contributed by atoms with E-state index in [0.29, 0.717) is 6.54 Å². The Morgan fingerprint density at radius 1 is 1.38 bits per heavy atom. The Balaban J connectivity index is 2.29. The lowest BCUT2D eigenvalue weighted by Gasteiger charge is -2.17. The first kappa shape index (κ1) is 12.9. The summed E-state index contributed by atoms with van der Waals surface area (Å²) in [5, 5.41) is 3.10. The molecule has 4 heteroatoms. The topological polar surface area (TPSA) is 32.3 Å². The minimum absolute atomic E-state index is 0.123. The second kappa shape index (κ2) is 7.17. The van der Waals surface area contributed by atoms with Gasteiger partial charge in [-0.2, -0.15) is 11.8 Å². The van der Waals surface area contributed by atoms with Gasteiger partial charge in [0.15, 0.2) is 0 Å². The number of nitrogens with one attached hydrogen (secondary N) is 1. The largest absolute Gasteiger partial charge is 0.376 e. The average Bonchev–Trinajstić information content (AvgIpc) is 2.34. The van der Waals surface area contributed by atoms with E-state index < -0.39 is 0 Å². The molecule has 1 rings (SSSR count). The first-order chi connectivity index (χ1) is 7.74. The van der Waals surface area contributed by atoms with Gasteiger partial charge in [-0.1, -0.05) is 18.2 Å². The van der Waals surface area contributed by atoms with Gasteiger partial charge in [0.2, 0.25) is 5.91 Å². The van der Waals surface area contributed by atoms with Gasteiger partial charge in [0.1, 0.15) is 0 Å². The number of hydrogen-bond acceptors (Lipinski definition) is 3. The monoisotopic (exact) mass is 238 g/mol. The predicted molar refractivity (Wildman–Crippen MR) is 71.0 cm³/mol. The number of carbonyl (C=O) groups is 1. The molecule has 0 fully saturated rings. The fourth-order valence-corrected chi connectivity index (χ4v) is 1.68. The molecule has 0 saturated heterocycles. The van der Waals surface area contributed by atoms with E-state index in [9.17, 15) is 4.79 Å². The minimum Gasteiger partial charge on any atom is -0.376 e. The van der Waals surface area contributed by atoms with Gasteiger partial charge in [-0.15, -0.1) is 0 Å². The van der Waals surface area contributed by atoms with Crippen LogP contribution in [0.4, 0.5) is 5.69 Å². The number of benzene rings is 1. The molecule has 1 amide bonds. The van der Waals surface area contributed by atoms with Crippen molar-refractivity contribution in [3.8, 4) is 0 Å². The normalized spacial score (nSPS) is 9.88. The fraction of sp³-hybridized carbons (Fsp3) is 0.417. The highest BCUT2D eigenvalue weighted by Crippen LogP contribution is 2.04. The standard InChI is InChI=1S/C12H18N2OS/c1-14(8-9-16-2)12(15)10-13-11-6-4-3-5-7-11/h3-7,13H,8-10H2,1-2H3. The molecule has 0 bridgehead atoms. The molecule has 0 radical (unpaired) electrons. The molecule has 0 aliphatic rings. The number of rotatable bonds is 6. The highest BCUT2D eigenvalue weighted by atomic mass is 32.2. The van der Waals surface area contributed by atoms with Crippen LogP contribution in [0.3, 0.4) is 0 Å². The third kappa shape index (κ3) is 4.57. The first-order valence-corrected chi connectivity index (χ1v) is 6.65.